The van der Waals surface area contributed by atoms with Crippen molar-refractivity contribution in [3.05, 3.63) is 63.6 Å². The number of nitrogens with zero attached hydrogens (tertiary/aromatic N) is 1. The molecule has 1 aliphatic rings. The van der Waals surface area contributed by atoms with Gasteiger partial charge in [-0.25, -0.2) is 22.3 Å². The summed E-state index contributed by atoms with van der Waals surface area (Å²) in [6.45, 7) is 0.441. The van der Waals surface area contributed by atoms with Gasteiger partial charge < -0.3 is 4.90 Å². The van der Waals surface area contributed by atoms with Gasteiger partial charge in [0.05, 0.1) is 16.0 Å². The Bertz CT molecular complexity index is 1080. The Morgan fingerprint density at radius 3 is 2.31 bits per heavy atom. The van der Waals surface area contributed by atoms with Crippen molar-refractivity contribution >= 4 is 37.6 Å². The maximum atomic E-state index is 13.9. The van der Waals surface area contributed by atoms with E-state index in [4.69, 9.17) is 5.14 Å². The number of Topliss-reactive ketones (excluding diaryl/α,β-unsaturated/α-hetero) is 1. The molecule has 29 heavy (non-hydrogen) atoms. The Balaban J connectivity index is 1.73. The molecule has 6 nitrogen and oxygen atoms in total. The Labute approximate surface area is 174 Å². The summed E-state index contributed by atoms with van der Waals surface area (Å²) >= 11 is 3.23. The molecule has 1 heterocycles. The van der Waals surface area contributed by atoms with Gasteiger partial charge in [0.25, 0.3) is 5.91 Å². The van der Waals surface area contributed by atoms with Crippen LogP contribution >= 0.6 is 15.9 Å². The number of ketones is 1. The first-order chi connectivity index (χ1) is 13.6. The van der Waals surface area contributed by atoms with Gasteiger partial charge in [0.2, 0.25) is 10.0 Å². The van der Waals surface area contributed by atoms with Crippen LogP contribution in [0.4, 0.5) is 8.78 Å². The molecule has 10 heteroatoms. The van der Waals surface area contributed by atoms with Crippen molar-refractivity contribution in [1.29, 1.82) is 0 Å². The lowest BCUT2D eigenvalue weighted by Gasteiger charge is -2.31. The molecule has 1 fully saturated rings. The first-order valence-corrected chi connectivity index (χ1v) is 11.0. The van der Waals surface area contributed by atoms with Crippen molar-refractivity contribution in [2.24, 2.45) is 11.1 Å². The number of likely N-dealkylation sites (tertiary alicyclic amines) is 1. The molecule has 3 rings (SSSR count). The summed E-state index contributed by atoms with van der Waals surface area (Å²) in [6.07, 6.45) is 0.569. The fourth-order valence-electron chi connectivity index (χ4n) is 3.27. The topological polar surface area (TPSA) is 97.5 Å². The molecule has 0 radical (unpaired) electrons. The van der Waals surface area contributed by atoms with E-state index in [-0.39, 0.29) is 42.0 Å². The molecule has 0 aliphatic carbocycles. The van der Waals surface area contributed by atoms with Crippen LogP contribution in [0.2, 0.25) is 0 Å². The minimum Gasteiger partial charge on any atom is -0.339 e. The molecule has 2 N–H and O–H groups in total. The van der Waals surface area contributed by atoms with Gasteiger partial charge in [-0.15, -0.1) is 0 Å². The molecule has 0 atom stereocenters. The summed E-state index contributed by atoms with van der Waals surface area (Å²) in [6, 6.07) is 6.65. The van der Waals surface area contributed by atoms with E-state index in [2.05, 4.69) is 15.9 Å². The average Bonchev–Trinajstić information content (AvgIpc) is 2.68. The second-order valence-corrected chi connectivity index (χ2v) is 9.16. The zero-order chi connectivity index (χ0) is 21.3. The van der Waals surface area contributed by atoms with Crippen LogP contribution in [0, 0.1) is 17.6 Å². The van der Waals surface area contributed by atoms with E-state index in [0.717, 1.165) is 18.2 Å². The third-order valence-corrected chi connectivity index (χ3v) is 6.45. The van der Waals surface area contributed by atoms with Crippen molar-refractivity contribution < 1.29 is 26.8 Å². The minimum atomic E-state index is -3.97. The number of primary sulfonamides is 1. The van der Waals surface area contributed by atoms with Crippen LogP contribution < -0.4 is 5.14 Å². The van der Waals surface area contributed by atoms with E-state index in [1.165, 1.54) is 23.1 Å². The van der Waals surface area contributed by atoms with Gasteiger partial charge in [0.1, 0.15) is 11.6 Å². The SMILES string of the molecule is NS(=O)(=O)c1ccc(Br)c(C(=O)N2CCC(C(=O)c3cc(F)ccc3F)CC2)c1. The number of carbonyl (C=O) groups is 2. The molecule has 0 unspecified atom stereocenters. The maximum Gasteiger partial charge on any atom is 0.255 e. The largest absolute Gasteiger partial charge is 0.339 e. The Kier molecular flexibility index (Phi) is 6.16. The van der Waals surface area contributed by atoms with Gasteiger partial charge in [-0.1, -0.05) is 0 Å². The molecule has 0 spiro atoms. The van der Waals surface area contributed by atoms with Gasteiger partial charge >= 0.3 is 0 Å². The van der Waals surface area contributed by atoms with E-state index in [1.807, 2.05) is 0 Å². The van der Waals surface area contributed by atoms with Gasteiger partial charge in [-0.05, 0) is 65.2 Å². The van der Waals surface area contributed by atoms with Crippen molar-refractivity contribution in [2.75, 3.05) is 13.1 Å². The van der Waals surface area contributed by atoms with Crippen molar-refractivity contribution in [3.63, 3.8) is 0 Å². The smallest absolute Gasteiger partial charge is 0.255 e. The number of benzene rings is 2. The Morgan fingerprint density at radius 1 is 1.03 bits per heavy atom. The lowest BCUT2D eigenvalue weighted by molar-refractivity contribution is 0.0648. The highest BCUT2D eigenvalue weighted by Crippen LogP contribution is 2.27. The Morgan fingerprint density at radius 2 is 1.69 bits per heavy atom. The second-order valence-electron chi connectivity index (χ2n) is 6.74. The minimum absolute atomic E-state index is 0.137. The number of halogens is 3. The van der Waals surface area contributed by atoms with Crippen molar-refractivity contribution in [3.8, 4) is 0 Å². The molecule has 1 saturated heterocycles. The molecular formula is C19H17BrF2N2O4S. The molecule has 1 aliphatic heterocycles. The number of piperidine rings is 1. The first kappa shape index (κ1) is 21.5. The van der Waals surface area contributed by atoms with Gasteiger partial charge in [-0.2, -0.15) is 0 Å². The standard InChI is InChI=1S/C19H17BrF2N2O4S/c20-16-3-2-13(29(23,27)28)10-14(16)19(26)24-7-5-11(6-8-24)18(25)15-9-12(21)1-4-17(15)22/h1-4,9-11H,5-8H2,(H2,23,27,28). The summed E-state index contributed by atoms with van der Waals surface area (Å²) in [7, 11) is -3.97. The van der Waals surface area contributed by atoms with Crippen LogP contribution in [0.5, 0.6) is 0 Å². The Hall–Kier alpha value is -2.17. The van der Waals surface area contributed by atoms with Crippen molar-refractivity contribution in [1.82, 2.24) is 4.90 Å². The highest BCUT2D eigenvalue weighted by Gasteiger charge is 2.30. The third-order valence-electron chi connectivity index (χ3n) is 4.84. The first-order valence-electron chi connectivity index (χ1n) is 8.69. The average molecular weight is 487 g/mol. The molecule has 2 aromatic carbocycles. The number of amides is 1. The molecule has 0 aromatic heterocycles. The van der Waals surface area contributed by atoms with E-state index in [1.54, 1.807) is 0 Å². The molecule has 2 aromatic rings. The summed E-state index contributed by atoms with van der Waals surface area (Å²) in [5, 5.41) is 5.12. The quantitative estimate of drug-likeness (QED) is 0.671. The van der Waals surface area contributed by atoms with Crippen molar-refractivity contribution in [2.45, 2.75) is 17.7 Å². The molecule has 0 bridgehead atoms. The number of hydrogen-bond donors (Lipinski definition) is 1. The van der Waals surface area contributed by atoms with E-state index >= 15 is 0 Å². The second kappa shape index (κ2) is 8.29. The summed E-state index contributed by atoms with van der Waals surface area (Å²) < 4.78 is 50.7. The van der Waals surface area contributed by atoms with Gasteiger partial charge in [-0.3, -0.25) is 9.59 Å². The fraction of sp³-hybridized carbons (Fsp3) is 0.263. The molecular weight excluding hydrogens is 470 g/mol. The predicted molar refractivity (Wildman–Crippen MR) is 105 cm³/mol. The number of sulfonamides is 1. The van der Waals surface area contributed by atoms with Gasteiger partial charge in [0, 0.05) is 23.5 Å². The summed E-state index contributed by atoms with van der Waals surface area (Å²) in [4.78, 5) is 26.6. The summed E-state index contributed by atoms with van der Waals surface area (Å²) in [5.41, 5.74) is -0.157. The normalized spacial score (nSPS) is 15.4. The number of carbonyl (C=O) groups excluding carboxylic acids is 2. The summed E-state index contributed by atoms with van der Waals surface area (Å²) in [5.74, 6) is -2.91. The highest BCUT2D eigenvalue weighted by atomic mass is 79.9. The van der Waals surface area contributed by atoms with Crippen LogP contribution in [0.25, 0.3) is 0 Å². The van der Waals surface area contributed by atoms with E-state index in [0.29, 0.717) is 4.47 Å². The molecule has 0 saturated carbocycles. The third kappa shape index (κ3) is 4.71. The van der Waals surface area contributed by atoms with Crippen LogP contribution in [0.3, 0.4) is 0 Å². The van der Waals surface area contributed by atoms with E-state index < -0.39 is 39.3 Å². The van der Waals surface area contributed by atoms with Gasteiger partial charge in [0.15, 0.2) is 5.78 Å². The van der Waals surface area contributed by atoms with Crippen LogP contribution in [-0.4, -0.2) is 38.1 Å². The number of nitrogens with two attached hydrogens (primary N) is 1. The number of rotatable bonds is 4. The predicted octanol–water partition coefficient (Wildman–Crippen LogP) is 3.11. The fourth-order valence-corrected chi connectivity index (χ4v) is 4.22. The monoisotopic (exact) mass is 486 g/mol. The lowest BCUT2D eigenvalue weighted by atomic mass is 9.88. The molecule has 1 amide bonds. The lowest BCUT2D eigenvalue weighted by Crippen LogP contribution is -2.40. The van der Waals surface area contributed by atoms with E-state index in [9.17, 15) is 26.8 Å². The van der Waals surface area contributed by atoms with Crippen LogP contribution in [0.1, 0.15) is 33.6 Å². The zero-order valence-corrected chi connectivity index (χ0v) is 17.5. The number of hydrogen-bond acceptors (Lipinski definition) is 4. The maximum absolute atomic E-state index is 13.9. The van der Waals surface area contributed by atoms with Crippen LogP contribution in [-0.2, 0) is 10.0 Å². The van der Waals surface area contributed by atoms with Crippen LogP contribution in [0.15, 0.2) is 45.8 Å². The molecule has 154 valence electrons. The highest BCUT2D eigenvalue weighted by molar-refractivity contribution is 9.10. The zero-order valence-electron chi connectivity index (χ0n) is 15.1.